The van der Waals surface area contributed by atoms with Crippen molar-refractivity contribution in [2.75, 3.05) is 7.11 Å². The van der Waals surface area contributed by atoms with Crippen molar-refractivity contribution in [1.29, 1.82) is 0 Å². The predicted octanol–water partition coefficient (Wildman–Crippen LogP) is 6.72. The largest absolute Gasteiger partial charge is 0.496 e. The normalized spacial score (nSPS) is 22.4. The Labute approximate surface area is 176 Å². The van der Waals surface area contributed by atoms with Crippen LogP contribution in [0.1, 0.15) is 88.5 Å². The van der Waals surface area contributed by atoms with Crippen molar-refractivity contribution in [3.63, 3.8) is 0 Å². The third kappa shape index (κ3) is 3.12. The standard InChI is InChI=1S/C27H36NO/c1-18(2)20-10-8-11-21(19(3)4)25(20)28-17-27(16-26(28,5)6)15-14-22-23(27)12-9-13-24(22)29-7/h8-13,17-19H,14-16H2,1-7H3/q+1/t27-/m0/s1. The molecule has 2 aromatic carbocycles. The molecule has 4 rings (SSSR count). The molecule has 2 aromatic rings. The molecule has 1 aliphatic heterocycles. The number of hydrogen-bond donors (Lipinski definition) is 0. The highest BCUT2D eigenvalue weighted by molar-refractivity contribution is 5.77. The molecule has 29 heavy (non-hydrogen) atoms. The summed E-state index contributed by atoms with van der Waals surface area (Å²) < 4.78 is 8.33. The molecule has 0 aromatic heterocycles. The van der Waals surface area contributed by atoms with E-state index in [1.165, 1.54) is 34.4 Å². The second-order valence-electron chi connectivity index (χ2n) is 10.2. The van der Waals surface area contributed by atoms with E-state index >= 15 is 0 Å². The summed E-state index contributed by atoms with van der Waals surface area (Å²) in [6, 6.07) is 13.5. The summed E-state index contributed by atoms with van der Waals surface area (Å²) >= 11 is 0. The second kappa shape index (κ2) is 7.00. The van der Waals surface area contributed by atoms with Crippen LogP contribution in [0.3, 0.4) is 0 Å². The molecule has 154 valence electrons. The molecular weight excluding hydrogens is 354 g/mol. The molecule has 0 bridgehead atoms. The van der Waals surface area contributed by atoms with Crippen molar-refractivity contribution < 1.29 is 9.31 Å². The summed E-state index contributed by atoms with van der Waals surface area (Å²) in [5, 5.41) is 0. The molecule has 1 spiro atoms. The lowest BCUT2D eigenvalue weighted by atomic mass is 9.77. The maximum absolute atomic E-state index is 5.70. The van der Waals surface area contributed by atoms with E-state index in [-0.39, 0.29) is 11.0 Å². The molecule has 1 aliphatic carbocycles. The molecule has 0 N–H and O–H groups in total. The first-order valence-electron chi connectivity index (χ1n) is 11.1. The van der Waals surface area contributed by atoms with E-state index in [4.69, 9.17) is 4.74 Å². The monoisotopic (exact) mass is 390 g/mol. The number of benzene rings is 2. The number of para-hydroxylation sites is 1. The fourth-order valence-electron chi connectivity index (χ4n) is 5.76. The Morgan fingerprint density at radius 1 is 0.931 bits per heavy atom. The molecule has 2 heteroatoms. The smallest absolute Gasteiger partial charge is 0.212 e. The number of nitrogens with zero attached hydrogens (tertiary/aromatic N) is 1. The lowest BCUT2D eigenvalue weighted by molar-refractivity contribution is -0.513. The van der Waals surface area contributed by atoms with Crippen LogP contribution in [0.4, 0.5) is 5.69 Å². The van der Waals surface area contributed by atoms with E-state index < -0.39 is 0 Å². The molecule has 2 nitrogen and oxygen atoms in total. The van der Waals surface area contributed by atoms with E-state index in [0.717, 1.165) is 18.6 Å². The van der Waals surface area contributed by atoms with Crippen LogP contribution in [0.2, 0.25) is 0 Å². The highest BCUT2D eigenvalue weighted by atomic mass is 16.5. The number of methoxy groups -OCH3 is 1. The Bertz CT molecular complexity index is 940. The maximum Gasteiger partial charge on any atom is 0.212 e. The van der Waals surface area contributed by atoms with Gasteiger partial charge in [0, 0.05) is 31.4 Å². The van der Waals surface area contributed by atoms with Gasteiger partial charge in [0.05, 0.1) is 12.5 Å². The number of ether oxygens (including phenoxy) is 1. The Morgan fingerprint density at radius 2 is 1.55 bits per heavy atom. The molecular formula is C27H36NO+. The number of rotatable bonds is 4. The Hall–Kier alpha value is -2.09. The number of fused-ring (bicyclic) bond motifs is 2. The minimum Gasteiger partial charge on any atom is -0.496 e. The summed E-state index contributed by atoms with van der Waals surface area (Å²) in [6.45, 7) is 14.1. The van der Waals surface area contributed by atoms with Gasteiger partial charge in [0.1, 0.15) is 5.75 Å². The maximum atomic E-state index is 5.70. The lowest BCUT2D eigenvalue weighted by Crippen LogP contribution is -2.31. The first-order chi connectivity index (χ1) is 13.7. The first kappa shape index (κ1) is 20.2. The zero-order valence-corrected chi connectivity index (χ0v) is 19.2. The Kier molecular flexibility index (Phi) is 4.88. The Morgan fingerprint density at radius 3 is 2.14 bits per heavy atom. The van der Waals surface area contributed by atoms with Gasteiger partial charge in [-0.25, -0.2) is 0 Å². The molecule has 0 saturated carbocycles. The van der Waals surface area contributed by atoms with Crippen molar-refractivity contribution in [3.05, 3.63) is 58.7 Å². The van der Waals surface area contributed by atoms with Gasteiger partial charge < -0.3 is 4.74 Å². The third-order valence-corrected chi connectivity index (χ3v) is 7.07. The van der Waals surface area contributed by atoms with Gasteiger partial charge in [-0.05, 0) is 41.9 Å². The Balaban J connectivity index is 1.94. The van der Waals surface area contributed by atoms with Gasteiger partial charge in [0.15, 0.2) is 11.8 Å². The van der Waals surface area contributed by atoms with Crippen LogP contribution in [-0.4, -0.2) is 23.4 Å². The quantitative estimate of drug-likeness (QED) is 0.528. The van der Waals surface area contributed by atoms with Crippen LogP contribution in [0.15, 0.2) is 36.4 Å². The third-order valence-electron chi connectivity index (χ3n) is 7.07. The van der Waals surface area contributed by atoms with E-state index in [9.17, 15) is 0 Å². The molecule has 1 heterocycles. The lowest BCUT2D eigenvalue weighted by Gasteiger charge is -2.24. The van der Waals surface area contributed by atoms with E-state index in [2.05, 4.69) is 88.7 Å². The van der Waals surface area contributed by atoms with E-state index in [1.807, 2.05) is 0 Å². The molecule has 2 aliphatic rings. The van der Waals surface area contributed by atoms with E-state index in [0.29, 0.717) is 11.8 Å². The van der Waals surface area contributed by atoms with Crippen LogP contribution in [0.5, 0.6) is 5.75 Å². The first-order valence-corrected chi connectivity index (χ1v) is 11.1. The molecule has 0 radical (unpaired) electrons. The van der Waals surface area contributed by atoms with Gasteiger partial charge in [0.25, 0.3) is 0 Å². The minimum absolute atomic E-state index is 0.0688. The van der Waals surface area contributed by atoms with Crippen molar-refractivity contribution in [1.82, 2.24) is 0 Å². The summed E-state index contributed by atoms with van der Waals surface area (Å²) in [6.07, 6.45) is 5.99. The van der Waals surface area contributed by atoms with Crippen LogP contribution in [0, 0.1) is 0 Å². The van der Waals surface area contributed by atoms with Gasteiger partial charge in [-0.2, -0.15) is 4.58 Å². The van der Waals surface area contributed by atoms with Crippen molar-refractivity contribution in [2.24, 2.45) is 0 Å². The summed E-state index contributed by atoms with van der Waals surface area (Å²) in [4.78, 5) is 0. The summed E-state index contributed by atoms with van der Waals surface area (Å²) in [7, 11) is 1.79. The highest BCUT2D eigenvalue weighted by Crippen LogP contribution is 2.52. The molecule has 0 saturated heterocycles. The van der Waals surface area contributed by atoms with Crippen molar-refractivity contribution in [2.45, 2.75) is 83.6 Å². The van der Waals surface area contributed by atoms with Gasteiger partial charge in [-0.15, -0.1) is 0 Å². The molecule has 1 atom stereocenters. The van der Waals surface area contributed by atoms with Crippen LogP contribution < -0.4 is 4.74 Å². The fourth-order valence-corrected chi connectivity index (χ4v) is 5.76. The molecule has 0 amide bonds. The van der Waals surface area contributed by atoms with Gasteiger partial charge >= 0.3 is 0 Å². The van der Waals surface area contributed by atoms with Crippen LogP contribution in [0.25, 0.3) is 0 Å². The predicted molar refractivity (Wildman–Crippen MR) is 122 cm³/mol. The van der Waals surface area contributed by atoms with Gasteiger partial charge in [-0.3, -0.25) is 0 Å². The van der Waals surface area contributed by atoms with Gasteiger partial charge in [0.2, 0.25) is 5.69 Å². The summed E-state index contributed by atoms with van der Waals surface area (Å²) in [5.74, 6) is 2.05. The van der Waals surface area contributed by atoms with Crippen molar-refractivity contribution in [3.8, 4) is 5.75 Å². The minimum atomic E-state index is 0.0688. The average molecular weight is 391 g/mol. The molecule has 0 unspecified atom stereocenters. The SMILES string of the molecule is COc1cccc2c1CC[C@]21C=[N+](c2c(C(C)C)cccc2C(C)C)C(C)(C)C1. The highest BCUT2D eigenvalue weighted by Gasteiger charge is 2.55. The van der Waals surface area contributed by atoms with Crippen LogP contribution in [-0.2, 0) is 11.8 Å². The zero-order valence-electron chi connectivity index (χ0n) is 19.2. The van der Waals surface area contributed by atoms with Crippen molar-refractivity contribution >= 4 is 11.9 Å². The van der Waals surface area contributed by atoms with E-state index in [1.54, 1.807) is 7.11 Å². The van der Waals surface area contributed by atoms with Crippen LogP contribution >= 0.6 is 0 Å². The second-order valence-corrected chi connectivity index (χ2v) is 10.2. The summed E-state index contributed by atoms with van der Waals surface area (Å²) in [5.41, 5.74) is 7.41. The number of hydrogen-bond acceptors (Lipinski definition) is 1. The zero-order chi connectivity index (χ0) is 21.0. The topological polar surface area (TPSA) is 12.2 Å². The average Bonchev–Trinajstić information content (AvgIpc) is 3.17. The fraction of sp³-hybridized carbons (Fsp3) is 0.519. The van der Waals surface area contributed by atoms with Gasteiger partial charge in [-0.1, -0.05) is 58.0 Å². The molecule has 0 fully saturated rings.